The summed E-state index contributed by atoms with van der Waals surface area (Å²) in [5.41, 5.74) is -0.198. The van der Waals surface area contributed by atoms with Gasteiger partial charge < -0.3 is 10.0 Å². The summed E-state index contributed by atoms with van der Waals surface area (Å²) in [6.45, 7) is 5.21. The maximum atomic E-state index is 13.5. The largest absolute Gasteiger partial charge is 0.396 e. The highest BCUT2D eigenvalue weighted by Crippen LogP contribution is 2.14. The van der Waals surface area contributed by atoms with Crippen LogP contribution < -0.4 is 0 Å². The smallest absolute Gasteiger partial charge is 0.169 e. The maximum Gasteiger partial charge on any atom is 0.169 e. The molecule has 0 amide bonds. The first-order valence-electron chi connectivity index (χ1n) is 6.79. The molecule has 0 aliphatic heterocycles. The zero-order valence-electron chi connectivity index (χ0n) is 11.9. The molecule has 0 bridgehead atoms. The van der Waals surface area contributed by atoms with E-state index in [-0.39, 0.29) is 24.6 Å². The Bertz CT molecular complexity index is 449. The average Bonchev–Trinajstić information content (AvgIpc) is 2.41. The van der Waals surface area contributed by atoms with Crippen LogP contribution in [0.1, 0.15) is 37.0 Å². The molecule has 0 saturated carbocycles. The normalized spacial score (nSPS) is 11.3. The van der Waals surface area contributed by atoms with E-state index in [1.54, 1.807) is 0 Å². The second-order valence-corrected chi connectivity index (χ2v) is 4.98. The van der Waals surface area contributed by atoms with Crippen molar-refractivity contribution < 1.29 is 18.7 Å². The van der Waals surface area contributed by atoms with E-state index in [4.69, 9.17) is 5.11 Å². The summed E-state index contributed by atoms with van der Waals surface area (Å²) in [7, 11) is 0. The number of hydrogen-bond donors (Lipinski definition) is 1. The molecule has 0 aromatic heterocycles. The lowest BCUT2D eigenvalue weighted by molar-refractivity contribution is 0.0948. The monoisotopic (exact) mass is 285 g/mol. The Balaban J connectivity index is 2.63. The second-order valence-electron chi connectivity index (χ2n) is 4.98. The Morgan fingerprint density at radius 3 is 2.60 bits per heavy atom. The standard InChI is InChI=1S/C15H21F2NO2/c1-11(2)18(8-4-10-19)9-7-14(20)12-5-3-6-13(16)15(12)17/h3,5-6,11,19H,4,7-10H2,1-2H3. The Kier molecular flexibility index (Phi) is 6.75. The van der Waals surface area contributed by atoms with Gasteiger partial charge in [-0.25, -0.2) is 8.78 Å². The number of Topliss-reactive ketones (excluding diaryl/α,β-unsaturated/α-hetero) is 1. The van der Waals surface area contributed by atoms with Crippen LogP contribution in [0.5, 0.6) is 0 Å². The number of ketones is 1. The summed E-state index contributed by atoms with van der Waals surface area (Å²) in [6, 6.07) is 3.85. The summed E-state index contributed by atoms with van der Waals surface area (Å²) in [4.78, 5) is 14.0. The first-order valence-corrected chi connectivity index (χ1v) is 6.79. The van der Waals surface area contributed by atoms with Gasteiger partial charge in [0.2, 0.25) is 0 Å². The van der Waals surface area contributed by atoms with Crippen molar-refractivity contribution in [2.45, 2.75) is 32.7 Å². The Morgan fingerprint density at radius 1 is 1.30 bits per heavy atom. The van der Waals surface area contributed by atoms with Gasteiger partial charge >= 0.3 is 0 Å². The van der Waals surface area contributed by atoms with Gasteiger partial charge in [0.1, 0.15) is 0 Å². The first kappa shape index (κ1) is 16.7. The van der Waals surface area contributed by atoms with Crippen LogP contribution in [0.4, 0.5) is 8.78 Å². The number of halogens is 2. The van der Waals surface area contributed by atoms with E-state index >= 15 is 0 Å². The predicted molar refractivity (Wildman–Crippen MR) is 73.7 cm³/mol. The van der Waals surface area contributed by atoms with Gasteiger partial charge in [-0.15, -0.1) is 0 Å². The number of aliphatic hydroxyl groups excluding tert-OH is 1. The quantitative estimate of drug-likeness (QED) is 0.746. The molecule has 0 aliphatic carbocycles. The minimum absolute atomic E-state index is 0.0929. The molecule has 1 aromatic carbocycles. The fourth-order valence-electron chi connectivity index (χ4n) is 2.00. The summed E-state index contributed by atoms with van der Waals surface area (Å²) in [5.74, 6) is -2.49. The van der Waals surface area contributed by atoms with Crippen LogP contribution in [0.3, 0.4) is 0 Å². The molecule has 20 heavy (non-hydrogen) atoms. The lowest BCUT2D eigenvalue weighted by Gasteiger charge is -2.25. The van der Waals surface area contributed by atoms with Crippen molar-refractivity contribution in [2.75, 3.05) is 19.7 Å². The topological polar surface area (TPSA) is 40.5 Å². The van der Waals surface area contributed by atoms with E-state index in [0.717, 1.165) is 6.07 Å². The van der Waals surface area contributed by atoms with Gasteiger partial charge in [0.25, 0.3) is 0 Å². The predicted octanol–water partition coefficient (Wildman–Crippen LogP) is 2.63. The number of benzene rings is 1. The lowest BCUT2D eigenvalue weighted by Crippen LogP contribution is -2.34. The van der Waals surface area contributed by atoms with E-state index in [0.29, 0.717) is 19.5 Å². The minimum atomic E-state index is -1.08. The molecule has 112 valence electrons. The van der Waals surface area contributed by atoms with Gasteiger partial charge in [-0.05, 0) is 32.4 Å². The van der Waals surface area contributed by atoms with E-state index in [1.807, 2.05) is 18.7 Å². The lowest BCUT2D eigenvalue weighted by atomic mass is 10.1. The molecular weight excluding hydrogens is 264 g/mol. The molecule has 5 heteroatoms. The van der Waals surface area contributed by atoms with Crippen LogP contribution in [0.2, 0.25) is 0 Å². The molecule has 0 aliphatic rings. The molecule has 0 fully saturated rings. The van der Waals surface area contributed by atoms with Crippen LogP contribution in [0.25, 0.3) is 0 Å². The van der Waals surface area contributed by atoms with Gasteiger partial charge in [0, 0.05) is 32.2 Å². The maximum absolute atomic E-state index is 13.5. The average molecular weight is 285 g/mol. The van der Waals surface area contributed by atoms with Crippen molar-refractivity contribution in [2.24, 2.45) is 0 Å². The highest BCUT2D eigenvalue weighted by Gasteiger charge is 2.17. The van der Waals surface area contributed by atoms with Crippen LogP contribution >= 0.6 is 0 Å². The van der Waals surface area contributed by atoms with Crippen LogP contribution in [0.15, 0.2) is 18.2 Å². The van der Waals surface area contributed by atoms with Crippen molar-refractivity contribution in [3.8, 4) is 0 Å². The molecule has 0 atom stereocenters. The molecule has 0 spiro atoms. The third-order valence-electron chi connectivity index (χ3n) is 3.21. The van der Waals surface area contributed by atoms with Crippen LogP contribution in [-0.2, 0) is 0 Å². The molecule has 0 unspecified atom stereocenters. The van der Waals surface area contributed by atoms with Crippen molar-refractivity contribution in [3.63, 3.8) is 0 Å². The van der Waals surface area contributed by atoms with Gasteiger partial charge in [-0.2, -0.15) is 0 Å². The number of rotatable bonds is 8. The molecule has 1 N–H and O–H groups in total. The third kappa shape index (κ3) is 4.65. The molecule has 0 heterocycles. The molecule has 1 aromatic rings. The zero-order valence-corrected chi connectivity index (χ0v) is 11.9. The molecular formula is C15H21F2NO2. The van der Waals surface area contributed by atoms with Crippen LogP contribution in [-0.4, -0.2) is 41.5 Å². The van der Waals surface area contributed by atoms with E-state index < -0.39 is 17.4 Å². The van der Waals surface area contributed by atoms with Gasteiger partial charge in [0.15, 0.2) is 17.4 Å². The number of hydrogen-bond acceptors (Lipinski definition) is 3. The van der Waals surface area contributed by atoms with Gasteiger partial charge in [-0.1, -0.05) is 6.07 Å². The number of aliphatic hydroxyl groups is 1. The van der Waals surface area contributed by atoms with Crippen molar-refractivity contribution in [1.82, 2.24) is 4.90 Å². The summed E-state index contributed by atoms with van der Waals surface area (Å²) in [6.07, 6.45) is 0.755. The number of nitrogens with zero attached hydrogens (tertiary/aromatic N) is 1. The summed E-state index contributed by atoms with van der Waals surface area (Å²) < 4.78 is 26.6. The van der Waals surface area contributed by atoms with Gasteiger partial charge in [-0.3, -0.25) is 4.79 Å². The summed E-state index contributed by atoms with van der Waals surface area (Å²) >= 11 is 0. The Hall–Kier alpha value is -1.33. The van der Waals surface area contributed by atoms with Crippen molar-refractivity contribution >= 4 is 5.78 Å². The SMILES string of the molecule is CC(C)N(CCCO)CCC(=O)c1cccc(F)c1F. The van der Waals surface area contributed by atoms with E-state index in [2.05, 4.69) is 0 Å². The second kappa shape index (κ2) is 8.07. The van der Waals surface area contributed by atoms with Gasteiger partial charge in [0.05, 0.1) is 5.56 Å². The molecule has 0 saturated heterocycles. The Labute approximate surface area is 118 Å². The number of carbonyl (C=O) groups is 1. The van der Waals surface area contributed by atoms with Crippen molar-refractivity contribution in [1.29, 1.82) is 0 Å². The highest BCUT2D eigenvalue weighted by atomic mass is 19.2. The minimum Gasteiger partial charge on any atom is -0.396 e. The van der Waals surface area contributed by atoms with E-state index in [9.17, 15) is 13.6 Å². The molecule has 3 nitrogen and oxygen atoms in total. The Morgan fingerprint density at radius 2 is 2.00 bits per heavy atom. The highest BCUT2D eigenvalue weighted by molar-refractivity contribution is 5.96. The van der Waals surface area contributed by atoms with Crippen molar-refractivity contribution in [3.05, 3.63) is 35.4 Å². The van der Waals surface area contributed by atoms with Crippen LogP contribution in [0, 0.1) is 11.6 Å². The molecule has 0 radical (unpaired) electrons. The zero-order chi connectivity index (χ0) is 15.1. The first-order chi connectivity index (χ1) is 9.47. The fraction of sp³-hybridized carbons (Fsp3) is 0.533. The number of carbonyl (C=O) groups excluding carboxylic acids is 1. The molecule has 1 rings (SSSR count). The fourth-order valence-corrected chi connectivity index (χ4v) is 2.00. The third-order valence-corrected chi connectivity index (χ3v) is 3.21. The summed E-state index contributed by atoms with van der Waals surface area (Å²) in [5, 5.41) is 8.83. The van der Waals surface area contributed by atoms with E-state index in [1.165, 1.54) is 12.1 Å².